The van der Waals surface area contributed by atoms with Gasteiger partial charge in [-0.2, -0.15) is 0 Å². The van der Waals surface area contributed by atoms with Crippen LogP contribution in [0, 0.1) is 5.92 Å². The number of hydrogen-bond acceptors (Lipinski definition) is 1. The molecule has 1 saturated carbocycles. The van der Waals surface area contributed by atoms with Gasteiger partial charge < -0.3 is 4.43 Å². The van der Waals surface area contributed by atoms with Gasteiger partial charge in [-0.25, -0.2) is 0 Å². The Morgan fingerprint density at radius 2 is 1.72 bits per heavy atom. The van der Waals surface area contributed by atoms with Gasteiger partial charge in [-0.3, -0.25) is 0 Å². The summed E-state index contributed by atoms with van der Waals surface area (Å²) in [5, 5.41) is 0.338. The van der Waals surface area contributed by atoms with E-state index in [0.717, 1.165) is 5.92 Å². The lowest BCUT2D eigenvalue weighted by Crippen LogP contribution is -2.46. The van der Waals surface area contributed by atoms with Crippen molar-refractivity contribution in [3.8, 4) is 0 Å². The van der Waals surface area contributed by atoms with E-state index in [0.29, 0.717) is 11.1 Å². The van der Waals surface area contributed by atoms with Crippen molar-refractivity contribution in [1.29, 1.82) is 0 Å². The molecular formula is C15H31IOSi. The average molecular weight is 382 g/mol. The van der Waals surface area contributed by atoms with Crippen LogP contribution >= 0.6 is 22.6 Å². The fourth-order valence-corrected chi connectivity index (χ4v) is 4.59. The molecule has 0 aliphatic heterocycles. The fraction of sp³-hybridized carbons (Fsp3) is 1.00. The predicted molar refractivity (Wildman–Crippen MR) is 92.1 cm³/mol. The molecular weight excluding hydrogens is 351 g/mol. The van der Waals surface area contributed by atoms with Gasteiger partial charge in [0.15, 0.2) is 8.32 Å². The standard InChI is InChI=1S/C15H31IOSi/c1-15(2,3)18(4,5)17-14(11-12-16)13-9-7-6-8-10-13/h13-14H,6-12H2,1-5H3/t14-/m1/s1. The minimum atomic E-state index is -1.59. The van der Waals surface area contributed by atoms with E-state index in [1.807, 2.05) is 0 Å². The van der Waals surface area contributed by atoms with Gasteiger partial charge in [0.05, 0.1) is 0 Å². The molecule has 1 atom stereocenters. The second kappa shape index (κ2) is 7.07. The largest absolute Gasteiger partial charge is 0.414 e. The molecule has 3 heteroatoms. The van der Waals surface area contributed by atoms with Gasteiger partial charge in [-0.1, -0.05) is 62.6 Å². The molecule has 0 bridgehead atoms. The molecule has 1 rings (SSSR count). The second-order valence-corrected chi connectivity index (χ2v) is 13.1. The van der Waals surface area contributed by atoms with E-state index in [4.69, 9.17) is 4.43 Å². The Labute approximate surface area is 129 Å². The summed E-state index contributed by atoms with van der Waals surface area (Å²) in [5.41, 5.74) is 0. The monoisotopic (exact) mass is 382 g/mol. The average Bonchev–Trinajstić information content (AvgIpc) is 2.28. The summed E-state index contributed by atoms with van der Waals surface area (Å²) in [6.07, 6.45) is 8.85. The van der Waals surface area contributed by atoms with Crippen molar-refractivity contribution in [1.82, 2.24) is 0 Å². The Hall–Kier alpha value is 0.907. The van der Waals surface area contributed by atoms with E-state index < -0.39 is 8.32 Å². The first-order chi connectivity index (χ1) is 8.28. The van der Waals surface area contributed by atoms with E-state index in [1.165, 1.54) is 43.0 Å². The lowest BCUT2D eigenvalue weighted by molar-refractivity contribution is 0.0918. The first-order valence-corrected chi connectivity index (χ1v) is 11.9. The fourth-order valence-electron chi connectivity index (χ4n) is 2.56. The van der Waals surface area contributed by atoms with Crippen LogP contribution in [0.5, 0.6) is 0 Å². The van der Waals surface area contributed by atoms with Gasteiger partial charge >= 0.3 is 0 Å². The molecule has 1 nitrogen and oxygen atoms in total. The van der Waals surface area contributed by atoms with E-state index in [9.17, 15) is 0 Å². The molecule has 0 N–H and O–H groups in total. The Balaban J connectivity index is 2.67. The maximum atomic E-state index is 6.72. The molecule has 18 heavy (non-hydrogen) atoms. The van der Waals surface area contributed by atoms with Crippen LogP contribution in [0.4, 0.5) is 0 Å². The first-order valence-electron chi connectivity index (χ1n) is 7.52. The summed E-state index contributed by atoms with van der Waals surface area (Å²) in [5.74, 6) is 0.836. The van der Waals surface area contributed by atoms with Crippen molar-refractivity contribution in [2.45, 2.75) is 83.5 Å². The zero-order valence-electron chi connectivity index (χ0n) is 12.9. The Morgan fingerprint density at radius 3 is 2.17 bits per heavy atom. The van der Waals surface area contributed by atoms with Crippen LogP contribution in [0.15, 0.2) is 0 Å². The van der Waals surface area contributed by atoms with E-state index in [1.54, 1.807) is 0 Å². The molecule has 0 heterocycles. The first kappa shape index (κ1) is 17.0. The van der Waals surface area contributed by atoms with Gasteiger partial charge in [0.25, 0.3) is 0 Å². The van der Waals surface area contributed by atoms with Crippen molar-refractivity contribution >= 4 is 30.9 Å². The van der Waals surface area contributed by atoms with Crippen molar-refractivity contribution < 1.29 is 4.43 Å². The highest BCUT2D eigenvalue weighted by Crippen LogP contribution is 2.40. The SMILES string of the molecule is CC(C)(C)[Si](C)(C)O[C@H](CCI)C1CCCCC1. The molecule has 0 aromatic carbocycles. The summed E-state index contributed by atoms with van der Waals surface area (Å²) in [6, 6.07) is 0. The minimum absolute atomic E-state index is 0.338. The van der Waals surface area contributed by atoms with Crippen LogP contribution in [0.2, 0.25) is 18.1 Å². The maximum absolute atomic E-state index is 6.72. The molecule has 1 aliphatic carbocycles. The van der Waals surface area contributed by atoms with Crippen LogP contribution in [0.3, 0.4) is 0 Å². The van der Waals surface area contributed by atoms with Crippen LogP contribution in [0.25, 0.3) is 0 Å². The topological polar surface area (TPSA) is 9.23 Å². The Kier molecular flexibility index (Phi) is 6.66. The minimum Gasteiger partial charge on any atom is -0.414 e. The van der Waals surface area contributed by atoms with Crippen LogP contribution in [-0.2, 0) is 4.43 Å². The Morgan fingerprint density at radius 1 is 1.17 bits per heavy atom. The van der Waals surface area contributed by atoms with Crippen molar-refractivity contribution in [2.75, 3.05) is 4.43 Å². The summed E-state index contributed by atoms with van der Waals surface area (Å²) in [6.45, 7) is 11.8. The smallest absolute Gasteiger partial charge is 0.192 e. The highest BCUT2D eigenvalue weighted by atomic mass is 127. The van der Waals surface area contributed by atoms with Gasteiger partial charge in [0.1, 0.15) is 0 Å². The third-order valence-corrected chi connectivity index (χ3v) is 9.95. The molecule has 0 unspecified atom stereocenters. The molecule has 108 valence electrons. The van der Waals surface area contributed by atoms with Crippen molar-refractivity contribution in [3.05, 3.63) is 0 Å². The lowest BCUT2D eigenvalue weighted by Gasteiger charge is -2.42. The summed E-state index contributed by atoms with van der Waals surface area (Å²) >= 11 is 2.51. The molecule has 0 aromatic rings. The van der Waals surface area contributed by atoms with Crippen LogP contribution in [-0.4, -0.2) is 18.8 Å². The molecule has 0 radical (unpaired) electrons. The van der Waals surface area contributed by atoms with Crippen molar-refractivity contribution in [3.63, 3.8) is 0 Å². The zero-order chi connectivity index (χ0) is 13.8. The second-order valence-electron chi connectivity index (χ2n) is 7.29. The van der Waals surface area contributed by atoms with E-state index in [2.05, 4.69) is 56.5 Å². The quantitative estimate of drug-likeness (QED) is 0.333. The summed E-state index contributed by atoms with van der Waals surface area (Å²) in [7, 11) is -1.59. The van der Waals surface area contributed by atoms with Crippen LogP contribution in [0.1, 0.15) is 59.3 Å². The molecule has 1 fully saturated rings. The van der Waals surface area contributed by atoms with Gasteiger partial charge in [0, 0.05) is 10.5 Å². The molecule has 0 saturated heterocycles. The van der Waals surface area contributed by atoms with E-state index in [-0.39, 0.29) is 0 Å². The number of alkyl halides is 1. The van der Waals surface area contributed by atoms with Crippen molar-refractivity contribution in [2.24, 2.45) is 5.92 Å². The molecule has 0 aromatic heterocycles. The highest BCUT2D eigenvalue weighted by molar-refractivity contribution is 14.1. The zero-order valence-corrected chi connectivity index (χ0v) is 16.0. The van der Waals surface area contributed by atoms with Crippen LogP contribution < -0.4 is 0 Å². The number of rotatable bonds is 5. The third-order valence-electron chi connectivity index (χ3n) is 4.82. The normalized spacial score (nSPS) is 21.0. The number of hydrogen-bond donors (Lipinski definition) is 0. The Bertz CT molecular complexity index is 241. The summed E-state index contributed by atoms with van der Waals surface area (Å²) in [4.78, 5) is 0. The van der Waals surface area contributed by atoms with Gasteiger partial charge in [-0.15, -0.1) is 0 Å². The molecule has 0 spiro atoms. The highest BCUT2D eigenvalue weighted by Gasteiger charge is 2.40. The molecule has 1 aliphatic rings. The number of halogens is 1. The lowest BCUT2D eigenvalue weighted by atomic mass is 9.84. The maximum Gasteiger partial charge on any atom is 0.192 e. The van der Waals surface area contributed by atoms with Gasteiger partial charge in [-0.05, 0) is 43.3 Å². The predicted octanol–water partition coefficient (Wildman–Crippen LogP) is 5.78. The third kappa shape index (κ3) is 4.78. The van der Waals surface area contributed by atoms with Gasteiger partial charge in [0.2, 0.25) is 0 Å². The van der Waals surface area contributed by atoms with E-state index >= 15 is 0 Å². The molecule has 0 amide bonds. The summed E-state index contributed by atoms with van der Waals surface area (Å²) < 4.78 is 7.95.